The molecule has 1 atom stereocenters. The highest BCUT2D eigenvalue weighted by Gasteiger charge is 2.25. The number of benzene rings is 1. The van der Waals surface area contributed by atoms with Crippen molar-refractivity contribution in [2.75, 3.05) is 33.3 Å². The van der Waals surface area contributed by atoms with Crippen LogP contribution in [-0.2, 0) is 0 Å². The molecule has 1 unspecified atom stereocenters. The summed E-state index contributed by atoms with van der Waals surface area (Å²) < 4.78 is 6.58. The zero-order valence-corrected chi connectivity index (χ0v) is 14.4. The first-order valence-electron chi connectivity index (χ1n) is 7.12. The minimum absolute atomic E-state index is 0.304. The van der Waals surface area contributed by atoms with E-state index in [4.69, 9.17) is 4.74 Å². The Bertz CT molecular complexity index is 595. The van der Waals surface area contributed by atoms with Gasteiger partial charge in [-0.15, -0.1) is 11.3 Å². The minimum Gasteiger partial charge on any atom is -0.497 e. The van der Waals surface area contributed by atoms with Crippen molar-refractivity contribution in [1.29, 1.82) is 0 Å². The lowest BCUT2D eigenvalue weighted by Gasteiger charge is -2.34. The van der Waals surface area contributed by atoms with Crippen LogP contribution in [0.1, 0.15) is 16.5 Å². The molecule has 2 heterocycles. The molecule has 2 aromatic rings. The predicted molar refractivity (Wildman–Crippen MR) is 91.3 cm³/mol. The van der Waals surface area contributed by atoms with E-state index in [2.05, 4.69) is 56.5 Å². The first kappa shape index (κ1) is 15.0. The number of methoxy groups -OCH3 is 1. The zero-order valence-electron chi connectivity index (χ0n) is 12.0. The fraction of sp³-hybridized carbons (Fsp3) is 0.375. The lowest BCUT2D eigenvalue weighted by molar-refractivity contribution is 0.200. The van der Waals surface area contributed by atoms with E-state index in [1.54, 1.807) is 7.11 Å². The molecule has 1 N–H and O–H groups in total. The van der Waals surface area contributed by atoms with E-state index >= 15 is 0 Å². The van der Waals surface area contributed by atoms with Gasteiger partial charge in [0, 0.05) is 31.1 Å². The van der Waals surface area contributed by atoms with Gasteiger partial charge in [0.05, 0.1) is 16.9 Å². The van der Waals surface area contributed by atoms with Crippen LogP contribution in [0.3, 0.4) is 0 Å². The molecule has 0 amide bonds. The SMILES string of the molecule is COc1cccc(C(c2ccc(Br)s2)N2CCNCC2)c1. The van der Waals surface area contributed by atoms with Gasteiger partial charge in [-0.1, -0.05) is 12.1 Å². The van der Waals surface area contributed by atoms with Crippen molar-refractivity contribution in [1.82, 2.24) is 10.2 Å². The van der Waals surface area contributed by atoms with Crippen LogP contribution < -0.4 is 10.1 Å². The summed E-state index contributed by atoms with van der Waals surface area (Å²) in [6.45, 7) is 4.23. The van der Waals surface area contributed by atoms with E-state index < -0.39 is 0 Å². The number of hydrogen-bond donors (Lipinski definition) is 1. The molecule has 0 radical (unpaired) electrons. The smallest absolute Gasteiger partial charge is 0.119 e. The highest BCUT2D eigenvalue weighted by molar-refractivity contribution is 9.11. The highest BCUT2D eigenvalue weighted by atomic mass is 79.9. The van der Waals surface area contributed by atoms with Gasteiger partial charge < -0.3 is 10.1 Å². The predicted octanol–water partition coefficient (Wildman–Crippen LogP) is 3.51. The van der Waals surface area contributed by atoms with Gasteiger partial charge in [0.25, 0.3) is 0 Å². The molecule has 1 aromatic heterocycles. The van der Waals surface area contributed by atoms with Gasteiger partial charge in [-0.2, -0.15) is 0 Å². The maximum atomic E-state index is 5.40. The van der Waals surface area contributed by atoms with Crippen LogP contribution in [-0.4, -0.2) is 38.2 Å². The van der Waals surface area contributed by atoms with Crippen molar-refractivity contribution >= 4 is 27.3 Å². The van der Waals surface area contributed by atoms with Crippen molar-refractivity contribution < 1.29 is 4.74 Å². The van der Waals surface area contributed by atoms with Crippen molar-refractivity contribution in [3.8, 4) is 5.75 Å². The molecule has 3 nitrogen and oxygen atoms in total. The molecule has 5 heteroatoms. The molecular formula is C16H19BrN2OS. The molecule has 0 saturated carbocycles. The zero-order chi connectivity index (χ0) is 14.7. The second kappa shape index (κ2) is 6.92. The molecule has 112 valence electrons. The number of ether oxygens (including phenoxy) is 1. The molecule has 1 aromatic carbocycles. The summed E-state index contributed by atoms with van der Waals surface area (Å²) in [6.07, 6.45) is 0. The van der Waals surface area contributed by atoms with Crippen LogP contribution >= 0.6 is 27.3 Å². The Labute approximate surface area is 138 Å². The quantitative estimate of drug-likeness (QED) is 0.895. The molecular weight excluding hydrogens is 348 g/mol. The lowest BCUT2D eigenvalue weighted by atomic mass is 10.0. The maximum absolute atomic E-state index is 5.40. The number of hydrogen-bond acceptors (Lipinski definition) is 4. The number of thiophene rings is 1. The molecule has 0 bridgehead atoms. The van der Waals surface area contributed by atoms with Gasteiger partial charge in [0.1, 0.15) is 5.75 Å². The molecule has 3 rings (SSSR count). The summed E-state index contributed by atoms with van der Waals surface area (Å²) in [7, 11) is 1.72. The summed E-state index contributed by atoms with van der Waals surface area (Å²) in [5, 5.41) is 3.43. The van der Waals surface area contributed by atoms with Crippen molar-refractivity contribution in [3.63, 3.8) is 0 Å². The van der Waals surface area contributed by atoms with E-state index in [-0.39, 0.29) is 0 Å². The summed E-state index contributed by atoms with van der Waals surface area (Å²) in [4.78, 5) is 3.92. The molecule has 21 heavy (non-hydrogen) atoms. The van der Waals surface area contributed by atoms with Crippen LogP contribution in [0.4, 0.5) is 0 Å². The number of rotatable bonds is 4. The Balaban J connectivity index is 1.97. The van der Waals surface area contributed by atoms with Gasteiger partial charge in [0.15, 0.2) is 0 Å². The molecule has 1 aliphatic rings. The second-order valence-corrected chi connectivity index (χ2v) is 7.60. The van der Waals surface area contributed by atoms with Crippen molar-refractivity contribution in [2.45, 2.75) is 6.04 Å². The summed E-state index contributed by atoms with van der Waals surface area (Å²) in [5.74, 6) is 0.920. The van der Waals surface area contributed by atoms with Gasteiger partial charge in [-0.25, -0.2) is 0 Å². The largest absolute Gasteiger partial charge is 0.497 e. The minimum atomic E-state index is 0.304. The monoisotopic (exact) mass is 366 g/mol. The van der Waals surface area contributed by atoms with Crippen LogP contribution in [0.2, 0.25) is 0 Å². The first-order chi connectivity index (χ1) is 10.3. The Hall–Kier alpha value is -0.880. The van der Waals surface area contributed by atoms with Crippen LogP contribution in [0, 0.1) is 0 Å². The van der Waals surface area contributed by atoms with Crippen LogP contribution in [0.5, 0.6) is 5.75 Å². The van der Waals surface area contributed by atoms with Crippen LogP contribution in [0.15, 0.2) is 40.2 Å². The molecule has 0 spiro atoms. The Morgan fingerprint density at radius 3 is 2.71 bits per heavy atom. The number of nitrogens with zero attached hydrogens (tertiary/aromatic N) is 1. The summed E-state index contributed by atoms with van der Waals surface area (Å²) in [6, 6.07) is 13.1. The molecule has 0 aliphatic carbocycles. The molecule has 1 aliphatic heterocycles. The Kier molecular flexibility index (Phi) is 4.95. The summed E-state index contributed by atoms with van der Waals surface area (Å²) in [5.41, 5.74) is 1.30. The number of piperazine rings is 1. The van der Waals surface area contributed by atoms with E-state index in [0.717, 1.165) is 31.9 Å². The lowest BCUT2D eigenvalue weighted by Crippen LogP contribution is -2.45. The fourth-order valence-electron chi connectivity index (χ4n) is 2.78. The van der Waals surface area contributed by atoms with E-state index in [9.17, 15) is 0 Å². The standard InChI is InChI=1S/C16H19BrN2OS/c1-20-13-4-2-3-12(11-13)16(14-5-6-15(17)21-14)19-9-7-18-8-10-19/h2-6,11,16,18H,7-10H2,1H3. The third-order valence-electron chi connectivity index (χ3n) is 3.79. The Morgan fingerprint density at radius 2 is 2.05 bits per heavy atom. The van der Waals surface area contributed by atoms with Crippen molar-refractivity contribution in [3.05, 3.63) is 50.6 Å². The highest BCUT2D eigenvalue weighted by Crippen LogP contribution is 2.36. The van der Waals surface area contributed by atoms with E-state index in [1.807, 2.05) is 17.4 Å². The first-order valence-corrected chi connectivity index (χ1v) is 8.73. The number of nitrogens with one attached hydrogen (secondary N) is 1. The van der Waals surface area contributed by atoms with Crippen molar-refractivity contribution in [2.24, 2.45) is 0 Å². The van der Waals surface area contributed by atoms with Gasteiger partial charge in [-0.3, -0.25) is 4.90 Å². The fourth-order valence-corrected chi connectivity index (χ4v) is 4.37. The van der Waals surface area contributed by atoms with Crippen LogP contribution in [0.25, 0.3) is 0 Å². The van der Waals surface area contributed by atoms with Gasteiger partial charge >= 0.3 is 0 Å². The van der Waals surface area contributed by atoms with Gasteiger partial charge in [-0.05, 0) is 45.8 Å². The molecule has 1 fully saturated rings. The average Bonchev–Trinajstić information content (AvgIpc) is 2.95. The normalized spacial score (nSPS) is 17.6. The van der Waals surface area contributed by atoms with E-state index in [1.165, 1.54) is 14.2 Å². The average molecular weight is 367 g/mol. The maximum Gasteiger partial charge on any atom is 0.119 e. The topological polar surface area (TPSA) is 24.5 Å². The molecule has 1 saturated heterocycles. The Morgan fingerprint density at radius 1 is 1.24 bits per heavy atom. The third-order valence-corrected chi connectivity index (χ3v) is 5.47. The number of halogens is 1. The third kappa shape index (κ3) is 3.48. The summed E-state index contributed by atoms with van der Waals surface area (Å²) >= 11 is 5.40. The van der Waals surface area contributed by atoms with E-state index in [0.29, 0.717) is 6.04 Å². The van der Waals surface area contributed by atoms with Gasteiger partial charge in [0.2, 0.25) is 0 Å². The second-order valence-electron chi connectivity index (χ2n) is 5.11.